The van der Waals surface area contributed by atoms with E-state index < -0.39 is 11.9 Å². The molecule has 1 heterocycles. The van der Waals surface area contributed by atoms with Gasteiger partial charge in [-0.15, -0.1) is 12.4 Å². The van der Waals surface area contributed by atoms with Gasteiger partial charge in [0.15, 0.2) is 0 Å². The number of nitrogens with two attached hydrogens (primary N) is 1. The molecular formula is C15H18ClN3O4. The number of ether oxygens (including phenoxy) is 2. The second-order valence-corrected chi connectivity index (χ2v) is 4.57. The lowest BCUT2D eigenvalue weighted by molar-refractivity contribution is 0.0528. The van der Waals surface area contributed by atoms with E-state index in [-0.39, 0.29) is 24.6 Å². The molecule has 1 aromatic carbocycles. The molecule has 23 heavy (non-hydrogen) atoms. The van der Waals surface area contributed by atoms with E-state index in [1.54, 1.807) is 32.0 Å². The van der Waals surface area contributed by atoms with E-state index in [1.807, 2.05) is 0 Å². The van der Waals surface area contributed by atoms with Crippen molar-refractivity contribution in [2.45, 2.75) is 13.8 Å². The summed E-state index contributed by atoms with van der Waals surface area (Å²) in [5.41, 5.74) is 6.82. The molecule has 0 bridgehead atoms. The number of aromatic nitrogens is 1. The molecule has 7 nitrogen and oxygen atoms in total. The SMILES string of the molecule is CCOC(=O)c1c(/N=C(/C)N)[nH]c2ccc(C(=O)OC)cc12.Cl. The van der Waals surface area contributed by atoms with Crippen molar-refractivity contribution in [1.29, 1.82) is 0 Å². The Kier molecular flexibility index (Phi) is 6.15. The van der Waals surface area contributed by atoms with Crippen LogP contribution in [-0.2, 0) is 9.47 Å². The van der Waals surface area contributed by atoms with Gasteiger partial charge in [-0.2, -0.15) is 0 Å². The molecule has 0 atom stereocenters. The number of H-pyrrole nitrogens is 1. The van der Waals surface area contributed by atoms with Gasteiger partial charge < -0.3 is 20.2 Å². The van der Waals surface area contributed by atoms with Crippen LogP contribution in [0.1, 0.15) is 34.6 Å². The highest BCUT2D eigenvalue weighted by molar-refractivity contribution is 6.10. The van der Waals surface area contributed by atoms with Crippen molar-refractivity contribution >= 4 is 46.9 Å². The van der Waals surface area contributed by atoms with Crippen LogP contribution in [0, 0.1) is 0 Å². The number of rotatable bonds is 4. The second-order valence-electron chi connectivity index (χ2n) is 4.57. The van der Waals surface area contributed by atoms with Crippen LogP contribution in [0.4, 0.5) is 5.82 Å². The molecule has 124 valence electrons. The minimum atomic E-state index is -0.532. The number of fused-ring (bicyclic) bond motifs is 1. The average Bonchev–Trinajstić information content (AvgIpc) is 2.82. The van der Waals surface area contributed by atoms with Crippen LogP contribution in [-0.4, -0.2) is 36.5 Å². The standard InChI is InChI=1S/C15H17N3O4.ClH/c1-4-22-15(20)12-10-7-9(14(19)21-3)5-6-11(10)18-13(12)17-8(2)16;/h5-7,18H,4H2,1-3H3,(H2,16,17);1H. The molecule has 0 saturated heterocycles. The van der Waals surface area contributed by atoms with Gasteiger partial charge in [0.05, 0.1) is 25.1 Å². The summed E-state index contributed by atoms with van der Waals surface area (Å²) in [6, 6.07) is 4.84. The smallest absolute Gasteiger partial charge is 0.342 e. The summed E-state index contributed by atoms with van der Waals surface area (Å²) in [5, 5.41) is 0.529. The molecule has 1 aromatic heterocycles. The third-order valence-corrected chi connectivity index (χ3v) is 2.97. The highest BCUT2D eigenvalue weighted by atomic mass is 35.5. The van der Waals surface area contributed by atoms with Crippen LogP contribution < -0.4 is 5.73 Å². The fourth-order valence-electron chi connectivity index (χ4n) is 2.09. The highest BCUT2D eigenvalue weighted by Gasteiger charge is 2.21. The number of carbonyl (C=O) groups is 2. The number of nitrogens with one attached hydrogen (secondary N) is 1. The van der Waals surface area contributed by atoms with Gasteiger partial charge in [-0.25, -0.2) is 14.6 Å². The summed E-state index contributed by atoms with van der Waals surface area (Å²) >= 11 is 0. The molecule has 0 amide bonds. The van der Waals surface area contributed by atoms with Crippen LogP contribution in [0.2, 0.25) is 0 Å². The molecule has 0 saturated carbocycles. The van der Waals surface area contributed by atoms with Crippen LogP contribution >= 0.6 is 12.4 Å². The van der Waals surface area contributed by atoms with E-state index in [2.05, 4.69) is 9.98 Å². The summed E-state index contributed by atoms with van der Waals surface area (Å²) < 4.78 is 9.75. The lowest BCUT2D eigenvalue weighted by Gasteiger charge is -2.03. The molecule has 0 radical (unpaired) electrons. The summed E-state index contributed by atoms with van der Waals surface area (Å²) in [6.07, 6.45) is 0. The Morgan fingerprint density at radius 2 is 2.00 bits per heavy atom. The number of hydrogen-bond acceptors (Lipinski definition) is 5. The van der Waals surface area contributed by atoms with Crippen LogP contribution in [0.5, 0.6) is 0 Å². The Balaban J connectivity index is 0.00000264. The Morgan fingerprint density at radius 1 is 1.30 bits per heavy atom. The van der Waals surface area contributed by atoms with E-state index in [9.17, 15) is 9.59 Å². The molecule has 0 fully saturated rings. The van der Waals surface area contributed by atoms with Gasteiger partial charge in [0, 0.05) is 10.9 Å². The molecule has 2 aromatic rings. The topological polar surface area (TPSA) is 107 Å². The summed E-state index contributed by atoms with van der Waals surface area (Å²) in [6.45, 7) is 3.55. The zero-order valence-corrected chi connectivity index (χ0v) is 13.8. The average molecular weight is 340 g/mol. The van der Waals surface area contributed by atoms with Gasteiger partial charge in [-0.3, -0.25) is 0 Å². The maximum absolute atomic E-state index is 12.2. The maximum Gasteiger partial charge on any atom is 0.342 e. The van der Waals surface area contributed by atoms with Gasteiger partial charge in [0.2, 0.25) is 0 Å². The van der Waals surface area contributed by atoms with E-state index in [4.69, 9.17) is 15.2 Å². The maximum atomic E-state index is 12.2. The third kappa shape index (κ3) is 3.81. The van der Waals surface area contributed by atoms with E-state index in [0.717, 1.165) is 0 Å². The molecule has 3 N–H and O–H groups in total. The summed E-state index contributed by atoms with van der Waals surface area (Å²) in [7, 11) is 1.30. The van der Waals surface area contributed by atoms with Crippen LogP contribution in [0.15, 0.2) is 23.2 Å². The first kappa shape index (κ1) is 18.5. The Bertz CT molecular complexity index is 763. The molecule has 0 aliphatic carbocycles. The van der Waals surface area contributed by atoms with Crippen molar-refractivity contribution in [3.63, 3.8) is 0 Å². The number of aliphatic imine (C=N–C) groups is 1. The molecule has 0 unspecified atom stereocenters. The fourth-order valence-corrected chi connectivity index (χ4v) is 2.09. The number of halogens is 1. The van der Waals surface area contributed by atoms with E-state index in [1.165, 1.54) is 7.11 Å². The first-order chi connectivity index (χ1) is 10.5. The number of esters is 2. The number of benzene rings is 1. The molecule has 2 rings (SSSR count). The number of aromatic amines is 1. The predicted molar refractivity (Wildman–Crippen MR) is 89.8 cm³/mol. The van der Waals surface area contributed by atoms with E-state index in [0.29, 0.717) is 28.1 Å². The van der Waals surface area contributed by atoms with Crippen molar-refractivity contribution in [2.24, 2.45) is 10.7 Å². The minimum Gasteiger partial charge on any atom is -0.465 e. The predicted octanol–water partition coefficient (Wildman–Crippen LogP) is 2.56. The van der Waals surface area contributed by atoms with Gasteiger partial charge in [0.25, 0.3) is 0 Å². The zero-order valence-electron chi connectivity index (χ0n) is 13.0. The molecular weight excluding hydrogens is 322 g/mol. The molecule has 0 aliphatic heterocycles. The van der Waals surface area contributed by atoms with Crippen molar-refractivity contribution in [3.8, 4) is 0 Å². The van der Waals surface area contributed by atoms with Crippen molar-refractivity contribution in [2.75, 3.05) is 13.7 Å². The Morgan fingerprint density at radius 3 is 2.57 bits per heavy atom. The number of amidine groups is 1. The van der Waals surface area contributed by atoms with Gasteiger partial charge >= 0.3 is 11.9 Å². The monoisotopic (exact) mass is 339 g/mol. The van der Waals surface area contributed by atoms with Crippen LogP contribution in [0.3, 0.4) is 0 Å². The van der Waals surface area contributed by atoms with Crippen molar-refractivity contribution in [3.05, 3.63) is 29.3 Å². The lowest BCUT2D eigenvalue weighted by Crippen LogP contribution is -2.07. The van der Waals surface area contributed by atoms with E-state index >= 15 is 0 Å². The third-order valence-electron chi connectivity index (χ3n) is 2.97. The van der Waals surface area contributed by atoms with Gasteiger partial charge in [-0.1, -0.05) is 0 Å². The van der Waals surface area contributed by atoms with Gasteiger partial charge in [0.1, 0.15) is 11.4 Å². The van der Waals surface area contributed by atoms with Gasteiger partial charge in [-0.05, 0) is 32.0 Å². The fraction of sp³-hybridized carbons (Fsp3) is 0.267. The Hall–Kier alpha value is -2.54. The quantitative estimate of drug-likeness (QED) is 0.505. The molecule has 0 spiro atoms. The number of hydrogen-bond donors (Lipinski definition) is 2. The first-order valence-electron chi connectivity index (χ1n) is 6.69. The number of nitrogens with zero attached hydrogens (tertiary/aromatic N) is 1. The van der Waals surface area contributed by atoms with Crippen molar-refractivity contribution < 1.29 is 19.1 Å². The molecule has 0 aliphatic rings. The number of methoxy groups -OCH3 is 1. The zero-order chi connectivity index (χ0) is 16.3. The Labute approximate surface area is 139 Å². The summed E-state index contributed by atoms with van der Waals surface area (Å²) in [4.78, 5) is 31.0. The lowest BCUT2D eigenvalue weighted by atomic mass is 10.1. The highest BCUT2D eigenvalue weighted by Crippen LogP contribution is 2.30. The van der Waals surface area contributed by atoms with Crippen LogP contribution in [0.25, 0.3) is 10.9 Å². The number of carbonyl (C=O) groups excluding carboxylic acids is 2. The molecule has 8 heteroatoms. The minimum absolute atomic E-state index is 0. The summed E-state index contributed by atoms with van der Waals surface area (Å²) in [5.74, 6) is -0.422. The largest absolute Gasteiger partial charge is 0.465 e. The second kappa shape index (κ2) is 7.64. The normalized spacial score (nSPS) is 11.0. The first-order valence-corrected chi connectivity index (χ1v) is 6.69. The van der Waals surface area contributed by atoms with Crippen molar-refractivity contribution in [1.82, 2.24) is 4.98 Å².